The summed E-state index contributed by atoms with van der Waals surface area (Å²) in [6, 6.07) is 0.997. The van der Waals surface area contributed by atoms with Gasteiger partial charge < -0.3 is 10.5 Å². The fraction of sp³-hybridized carbons (Fsp3) is 0.400. The fourth-order valence-electron chi connectivity index (χ4n) is 1.39. The van der Waals surface area contributed by atoms with Gasteiger partial charge in [0.2, 0.25) is 10.0 Å². The molecule has 1 aromatic carbocycles. The molecule has 18 heavy (non-hydrogen) atoms. The normalized spacial score (nSPS) is 13.6. The maximum absolute atomic E-state index is 13.4. The molecule has 5 nitrogen and oxygen atoms in total. The van der Waals surface area contributed by atoms with Crippen molar-refractivity contribution in [3.05, 3.63) is 23.8 Å². The van der Waals surface area contributed by atoms with E-state index in [1.54, 1.807) is 0 Å². The van der Waals surface area contributed by atoms with Crippen LogP contribution < -0.4 is 10.5 Å². The van der Waals surface area contributed by atoms with Crippen molar-refractivity contribution in [2.75, 3.05) is 19.5 Å². The first kappa shape index (κ1) is 14.8. The Bertz CT molecular complexity index is 534. The molecular weight excluding hydrogens is 266 g/mol. The quantitative estimate of drug-likeness (QED) is 0.784. The molecule has 0 heterocycles. The first-order chi connectivity index (χ1) is 8.27. The average molecular weight is 280 g/mol. The molecule has 0 bridgehead atoms. The molecule has 0 spiro atoms. The monoisotopic (exact) mass is 280 g/mol. The number of anilines is 1. The molecule has 0 aliphatic rings. The van der Waals surface area contributed by atoms with Gasteiger partial charge in [-0.15, -0.1) is 0 Å². The highest BCUT2D eigenvalue weighted by Crippen LogP contribution is 2.21. The molecule has 0 fully saturated rings. The molecule has 0 saturated carbocycles. The summed E-state index contributed by atoms with van der Waals surface area (Å²) >= 11 is 0. The van der Waals surface area contributed by atoms with Gasteiger partial charge >= 0.3 is 0 Å². The third-order valence-corrected chi connectivity index (χ3v) is 3.67. The summed E-state index contributed by atoms with van der Waals surface area (Å²) in [6.07, 6.45) is 0. The highest BCUT2D eigenvalue weighted by Gasteiger charge is 2.24. The van der Waals surface area contributed by atoms with Crippen LogP contribution >= 0.6 is 0 Å². The summed E-state index contributed by atoms with van der Waals surface area (Å²) in [5.74, 6) is -2.77. The first-order valence-corrected chi connectivity index (χ1v) is 6.52. The number of nitrogen functional groups attached to an aromatic ring is 1. The van der Waals surface area contributed by atoms with Gasteiger partial charge in [-0.1, -0.05) is 0 Å². The van der Waals surface area contributed by atoms with Crippen LogP contribution in [0.3, 0.4) is 0 Å². The predicted molar refractivity (Wildman–Crippen MR) is 62.4 cm³/mol. The zero-order valence-corrected chi connectivity index (χ0v) is 10.7. The van der Waals surface area contributed by atoms with Crippen LogP contribution in [0.5, 0.6) is 0 Å². The van der Waals surface area contributed by atoms with Crippen LogP contribution in [-0.4, -0.2) is 28.2 Å². The van der Waals surface area contributed by atoms with Gasteiger partial charge in [-0.2, -0.15) is 0 Å². The van der Waals surface area contributed by atoms with Crippen molar-refractivity contribution >= 4 is 15.7 Å². The van der Waals surface area contributed by atoms with Gasteiger partial charge in [0, 0.05) is 18.8 Å². The summed E-state index contributed by atoms with van der Waals surface area (Å²) in [5, 5.41) is 0. The Morgan fingerprint density at radius 3 is 2.61 bits per heavy atom. The van der Waals surface area contributed by atoms with Gasteiger partial charge in [-0.05, 0) is 19.1 Å². The Labute approximate surface area is 104 Å². The van der Waals surface area contributed by atoms with Crippen LogP contribution in [-0.2, 0) is 14.8 Å². The molecule has 1 rings (SSSR count). The number of halogens is 2. The van der Waals surface area contributed by atoms with E-state index in [2.05, 4.69) is 4.72 Å². The molecule has 0 aromatic heterocycles. The Hall–Kier alpha value is -1.25. The summed E-state index contributed by atoms with van der Waals surface area (Å²) in [7, 11) is -2.79. The number of methoxy groups -OCH3 is 1. The molecule has 3 N–H and O–H groups in total. The second kappa shape index (κ2) is 5.59. The van der Waals surface area contributed by atoms with Crippen molar-refractivity contribution in [2.45, 2.75) is 17.9 Å². The zero-order valence-electron chi connectivity index (χ0n) is 9.91. The van der Waals surface area contributed by atoms with Gasteiger partial charge in [0.05, 0.1) is 6.61 Å². The highest BCUT2D eigenvalue weighted by molar-refractivity contribution is 7.89. The van der Waals surface area contributed by atoms with Crippen LogP contribution in [0.2, 0.25) is 0 Å². The van der Waals surface area contributed by atoms with Gasteiger partial charge in [-0.25, -0.2) is 21.9 Å². The lowest BCUT2D eigenvalue weighted by Gasteiger charge is -2.14. The standard InChI is InChI=1S/C10H14F2N2O3S/c1-6(5-17-2)14-18(15,16)9-4-7(13)3-8(11)10(9)12/h3-4,6,14H,5,13H2,1-2H3. The minimum Gasteiger partial charge on any atom is -0.399 e. The summed E-state index contributed by atoms with van der Waals surface area (Å²) in [4.78, 5) is -0.817. The Balaban J connectivity index is 3.13. The summed E-state index contributed by atoms with van der Waals surface area (Å²) < 4.78 is 57.0. The molecular formula is C10H14F2N2O3S. The van der Waals surface area contributed by atoms with Gasteiger partial charge in [0.25, 0.3) is 0 Å². The predicted octanol–water partition coefficient (Wildman–Crippen LogP) is 0.860. The molecule has 0 saturated heterocycles. The number of nitrogens with two attached hydrogens (primary N) is 1. The van der Waals surface area contributed by atoms with Crippen LogP contribution in [0.25, 0.3) is 0 Å². The van der Waals surface area contributed by atoms with E-state index < -0.39 is 32.6 Å². The zero-order chi connectivity index (χ0) is 13.9. The van der Waals surface area contributed by atoms with E-state index in [1.807, 2.05) is 0 Å². The maximum atomic E-state index is 13.4. The van der Waals surface area contributed by atoms with Crippen LogP contribution in [0, 0.1) is 11.6 Å². The number of sulfonamides is 1. The third-order valence-electron chi connectivity index (χ3n) is 2.08. The van der Waals surface area contributed by atoms with Crippen LogP contribution in [0.4, 0.5) is 14.5 Å². The number of ether oxygens (including phenoxy) is 1. The minimum absolute atomic E-state index is 0.103. The van der Waals surface area contributed by atoms with Gasteiger partial charge in [0.1, 0.15) is 4.90 Å². The smallest absolute Gasteiger partial charge is 0.243 e. The number of nitrogens with one attached hydrogen (secondary N) is 1. The lowest BCUT2D eigenvalue weighted by molar-refractivity contribution is 0.180. The van der Waals surface area contributed by atoms with E-state index in [1.165, 1.54) is 14.0 Å². The second-order valence-electron chi connectivity index (χ2n) is 3.79. The van der Waals surface area contributed by atoms with Crippen molar-refractivity contribution in [2.24, 2.45) is 0 Å². The van der Waals surface area contributed by atoms with Gasteiger partial charge in [-0.3, -0.25) is 0 Å². The second-order valence-corrected chi connectivity index (χ2v) is 5.47. The number of hydrogen-bond acceptors (Lipinski definition) is 4. The molecule has 1 aromatic rings. The Morgan fingerprint density at radius 2 is 2.06 bits per heavy atom. The third kappa shape index (κ3) is 3.37. The van der Waals surface area contributed by atoms with E-state index in [0.717, 1.165) is 6.07 Å². The number of benzene rings is 1. The van der Waals surface area contributed by atoms with E-state index >= 15 is 0 Å². The Kier molecular flexibility index (Phi) is 4.60. The van der Waals surface area contributed by atoms with Crippen molar-refractivity contribution < 1.29 is 21.9 Å². The lowest BCUT2D eigenvalue weighted by Crippen LogP contribution is -2.36. The molecule has 0 aliphatic heterocycles. The van der Waals surface area contributed by atoms with Crippen molar-refractivity contribution in [3.8, 4) is 0 Å². The largest absolute Gasteiger partial charge is 0.399 e. The van der Waals surface area contributed by atoms with E-state index in [-0.39, 0.29) is 12.3 Å². The average Bonchev–Trinajstić information content (AvgIpc) is 2.22. The van der Waals surface area contributed by atoms with Crippen molar-refractivity contribution in [1.82, 2.24) is 4.72 Å². The Morgan fingerprint density at radius 1 is 1.44 bits per heavy atom. The minimum atomic E-state index is -4.18. The summed E-state index contributed by atoms with van der Waals surface area (Å²) in [5.41, 5.74) is 5.12. The number of hydrogen-bond donors (Lipinski definition) is 2. The van der Waals surface area contributed by atoms with Crippen molar-refractivity contribution in [3.63, 3.8) is 0 Å². The van der Waals surface area contributed by atoms with E-state index in [4.69, 9.17) is 10.5 Å². The number of rotatable bonds is 5. The van der Waals surface area contributed by atoms with Crippen molar-refractivity contribution in [1.29, 1.82) is 0 Å². The molecule has 0 aliphatic carbocycles. The topological polar surface area (TPSA) is 81.4 Å². The molecule has 0 radical (unpaired) electrons. The molecule has 8 heteroatoms. The molecule has 1 atom stereocenters. The van der Waals surface area contributed by atoms with Gasteiger partial charge in [0.15, 0.2) is 11.6 Å². The lowest BCUT2D eigenvalue weighted by atomic mass is 10.3. The molecule has 1 unspecified atom stereocenters. The van der Waals surface area contributed by atoms with E-state index in [0.29, 0.717) is 6.07 Å². The van der Waals surface area contributed by atoms with Crippen LogP contribution in [0.1, 0.15) is 6.92 Å². The maximum Gasteiger partial charge on any atom is 0.243 e. The fourth-order valence-corrected chi connectivity index (χ4v) is 2.74. The highest BCUT2D eigenvalue weighted by atomic mass is 32.2. The SMILES string of the molecule is COCC(C)NS(=O)(=O)c1cc(N)cc(F)c1F. The molecule has 0 amide bonds. The first-order valence-electron chi connectivity index (χ1n) is 5.03. The summed E-state index contributed by atoms with van der Waals surface area (Å²) in [6.45, 7) is 1.63. The van der Waals surface area contributed by atoms with Crippen LogP contribution in [0.15, 0.2) is 17.0 Å². The molecule has 102 valence electrons. The van der Waals surface area contributed by atoms with E-state index in [9.17, 15) is 17.2 Å².